The molecule has 1 heterocycles. The summed E-state index contributed by atoms with van der Waals surface area (Å²) in [5.74, 6) is 1.95. The van der Waals surface area contributed by atoms with E-state index in [0.29, 0.717) is 23.3 Å². The SMILES string of the molecule is CCCCC(C)CCCCc1ccc(CCC2=CCC=C3C=C(c4ccc(-c5ccco5)cc4O)C(=O)CC(CCC)C3=CCC2)cc1. The fourth-order valence-electron chi connectivity index (χ4n) is 7.44. The van der Waals surface area contributed by atoms with E-state index in [9.17, 15) is 9.90 Å². The molecule has 0 fully saturated rings. The summed E-state index contributed by atoms with van der Waals surface area (Å²) in [7, 11) is 0. The lowest BCUT2D eigenvalue weighted by Crippen LogP contribution is -2.10. The molecule has 0 saturated carbocycles. The molecular formula is C45H56O3. The summed E-state index contributed by atoms with van der Waals surface area (Å²) < 4.78 is 5.52. The van der Waals surface area contributed by atoms with Gasteiger partial charge in [-0.3, -0.25) is 4.79 Å². The molecule has 2 aliphatic rings. The largest absolute Gasteiger partial charge is 0.507 e. The number of carbonyl (C=O) groups excluding carboxylic acids is 1. The number of unbranched alkanes of at least 4 members (excludes halogenated alkanes) is 2. The predicted octanol–water partition coefficient (Wildman–Crippen LogP) is 12.6. The zero-order valence-electron chi connectivity index (χ0n) is 29.6. The number of Topliss-reactive ketones (excluding diaryl/α,β-unsaturated/α-hetero) is 1. The van der Waals surface area contributed by atoms with Gasteiger partial charge in [-0.25, -0.2) is 0 Å². The van der Waals surface area contributed by atoms with E-state index in [4.69, 9.17) is 4.42 Å². The predicted molar refractivity (Wildman–Crippen MR) is 201 cm³/mol. The Bertz CT molecular complexity index is 1600. The number of aromatic hydroxyl groups is 1. The Kier molecular flexibility index (Phi) is 13.3. The molecule has 5 rings (SSSR count). The number of benzene rings is 2. The fourth-order valence-corrected chi connectivity index (χ4v) is 7.44. The van der Waals surface area contributed by atoms with Crippen LogP contribution in [0.5, 0.6) is 5.75 Å². The van der Waals surface area contributed by atoms with E-state index >= 15 is 0 Å². The minimum absolute atomic E-state index is 0.0973. The maximum atomic E-state index is 13.7. The third kappa shape index (κ3) is 9.84. The second-order valence-corrected chi connectivity index (χ2v) is 14.1. The van der Waals surface area contributed by atoms with Gasteiger partial charge in [0.25, 0.3) is 0 Å². The van der Waals surface area contributed by atoms with Gasteiger partial charge in [-0.15, -0.1) is 0 Å². The van der Waals surface area contributed by atoms with E-state index in [2.05, 4.69) is 63.3 Å². The highest BCUT2D eigenvalue weighted by Crippen LogP contribution is 2.40. The van der Waals surface area contributed by atoms with Crippen LogP contribution < -0.4 is 0 Å². The number of ketones is 1. The number of aryl methyl sites for hydroxylation is 2. The molecule has 0 radical (unpaired) electrons. The van der Waals surface area contributed by atoms with Crippen molar-refractivity contribution in [2.75, 3.05) is 0 Å². The maximum absolute atomic E-state index is 13.7. The molecule has 254 valence electrons. The molecule has 3 nitrogen and oxygen atoms in total. The van der Waals surface area contributed by atoms with Gasteiger partial charge in [0.2, 0.25) is 0 Å². The van der Waals surface area contributed by atoms with Crippen LogP contribution in [0.3, 0.4) is 0 Å². The van der Waals surface area contributed by atoms with Gasteiger partial charge < -0.3 is 9.52 Å². The number of furan rings is 1. The highest BCUT2D eigenvalue weighted by molar-refractivity contribution is 6.22. The zero-order valence-corrected chi connectivity index (χ0v) is 29.6. The molecule has 48 heavy (non-hydrogen) atoms. The van der Waals surface area contributed by atoms with Gasteiger partial charge in [-0.1, -0.05) is 113 Å². The molecule has 0 amide bonds. The van der Waals surface area contributed by atoms with E-state index in [1.165, 1.54) is 67.2 Å². The van der Waals surface area contributed by atoms with Crippen molar-refractivity contribution in [3.63, 3.8) is 0 Å². The standard InChI is InChI=1S/C45H56O3/c1-4-6-13-33(3)14-7-8-15-35-22-25-36(26-23-35)24-21-34-16-9-18-38-30-42(44(47)31-37(12-5-2)40(38)19-10-17-34)41-28-27-39(32-43(41)46)45-20-11-29-48-45/h11,16,18-20,22-23,25-30,32-33,37,46H,4-10,12-15,17,21,24,31H2,1-3H3. The van der Waals surface area contributed by atoms with Crippen molar-refractivity contribution < 1.29 is 14.3 Å². The lowest BCUT2D eigenvalue weighted by Gasteiger charge is -2.18. The topological polar surface area (TPSA) is 50.4 Å². The second kappa shape index (κ2) is 18.1. The Morgan fingerprint density at radius 1 is 0.875 bits per heavy atom. The van der Waals surface area contributed by atoms with E-state index in [-0.39, 0.29) is 17.5 Å². The van der Waals surface area contributed by atoms with Crippen LogP contribution >= 0.6 is 0 Å². The zero-order chi connectivity index (χ0) is 33.7. The third-order valence-electron chi connectivity index (χ3n) is 10.3. The van der Waals surface area contributed by atoms with Gasteiger partial charge in [0.05, 0.1) is 6.26 Å². The number of rotatable bonds is 15. The Balaban J connectivity index is 1.24. The Morgan fingerprint density at radius 3 is 2.40 bits per heavy atom. The molecule has 0 spiro atoms. The molecule has 3 heteroatoms. The minimum atomic E-state index is 0.0973. The van der Waals surface area contributed by atoms with Crippen molar-refractivity contribution >= 4 is 11.4 Å². The molecule has 2 aliphatic carbocycles. The molecular weight excluding hydrogens is 588 g/mol. The number of hydrogen-bond donors (Lipinski definition) is 1. The molecule has 2 atom stereocenters. The maximum Gasteiger partial charge on any atom is 0.164 e. The van der Waals surface area contributed by atoms with Crippen LogP contribution in [-0.4, -0.2) is 10.9 Å². The average Bonchev–Trinajstić information content (AvgIpc) is 3.62. The van der Waals surface area contributed by atoms with Gasteiger partial charge in [0.1, 0.15) is 11.5 Å². The van der Waals surface area contributed by atoms with Gasteiger partial charge in [-0.05, 0) is 116 Å². The van der Waals surface area contributed by atoms with Crippen molar-refractivity contribution in [2.24, 2.45) is 11.8 Å². The van der Waals surface area contributed by atoms with Crippen molar-refractivity contribution in [1.29, 1.82) is 0 Å². The quantitative estimate of drug-likeness (QED) is 0.132. The van der Waals surface area contributed by atoms with Crippen LogP contribution in [0.2, 0.25) is 0 Å². The second-order valence-electron chi connectivity index (χ2n) is 14.1. The highest BCUT2D eigenvalue weighted by Gasteiger charge is 2.28. The summed E-state index contributed by atoms with van der Waals surface area (Å²) in [5, 5.41) is 11.1. The molecule has 0 bridgehead atoms. The molecule has 2 aromatic carbocycles. The summed E-state index contributed by atoms with van der Waals surface area (Å²) in [6, 6.07) is 18.5. The number of carbonyl (C=O) groups is 1. The summed E-state index contributed by atoms with van der Waals surface area (Å²) in [6.07, 6.45) is 27.5. The number of fused-ring (bicyclic) bond motifs is 1. The van der Waals surface area contributed by atoms with Crippen LogP contribution in [0.15, 0.2) is 106 Å². The van der Waals surface area contributed by atoms with Crippen LogP contribution in [-0.2, 0) is 17.6 Å². The lowest BCUT2D eigenvalue weighted by atomic mass is 9.86. The monoisotopic (exact) mass is 644 g/mol. The normalized spacial score (nSPS) is 17.6. The molecule has 2 unspecified atom stereocenters. The smallest absolute Gasteiger partial charge is 0.164 e. The first kappa shape index (κ1) is 35.5. The minimum Gasteiger partial charge on any atom is -0.507 e. The van der Waals surface area contributed by atoms with Crippen molar-refractivity contribution in [3.8, 4) is 17.1 Å². The first-order valence-corrected chi connectivity index (χ1v) is 18.7. The molecule has 3 aromatic rings. The van der Waals surface area contributed by atoms with E-state index < -0.39 is 0 Å². The number of phenols is 1. The van der Waals surface area contributed by atoms with E-state index in [0.717, 1.165) is 62.0 Å². The fraction of sp³-hybridized carbons (Fsp3) is 0.444. The van der Waals surface area contributed by atoms with E-state index in [1.54, 1.807) is 12.3 Å². The molecule has 1 N–H and O–H groups in total. The van der Waals surface area contributed by atoms with Gasteiger partial charge >= 0.3 is 0 Å². The van der Waals surface area contributed by atoms with Gasteiger partial charge in [0.15, 0.2) is 5.78 Å². The lowest BCUT2D eigenvalue weighted by molar-refractivity contribution is -0.114. The van der Waals surface area contributed by atoms with Crippen LogP contribution in [0.25, 0.3) is 16.9 Å². The summed E-state index contributed by atoms with van der Waals surface area (Å²) in [4.78, 5) is 13.7. The molecule has 0 saturated heterocycles. The van der Waals surface area contributed by atoms with Crippen LogP contribution in [0, 0.1) is 11.8 Å². The average molecular weight is 645 g/mol. The third-order valence-corrected chi connectivity index (χ3v) is 10.3. The first-order valence-electron chi connectivity index (χ1n) is 18.7. The molecule has 1 aromatic heterocycles. The summed E-state index contributed by atoms with van der Waals surface area (Å²) >= 11 is 0. The Morgan fingerprint density at radius 2 is 1.67 bits per heavy atom. The number of hydrogen-bond acceptors (Lipinski definition) is 3. The highest BCUT2D eigenvalue weighted by atomic mass is 16.3. The van der Waals surface area contributed by atoms with Gasteiger partial charge in [-0.2, -0.15) is 0 Å². The van der Waals surface area contributed by atoms with Crippen LogP contribution in [0.4, 0.5) is 0 Å². The Labute approximate surface area is 289 Å². The van der Waals surface area contributed by atoms with E-state index in [1.807, 2.05) is 30.3 Å². The summed E-state index contributed by atoms with van der Waals surface area (Å²) in [5.41, 5.74) is 8.81. The number of phenolic OH excluding ortho intramolecular Hbond substituents is 1. The van der Waals surface area contributed by atoms with Crippen LogP contribution in [0.1, 0.15) is 121 Å². The van der Waals surface area contributed by atoms with Crippen molar-refractivity contribution in [2.45, 2.75) is 117 Å². The first-order chi connectivity index (χ1) is 23.4. The number of allylic oxidation sites excluding steroid dienone is 8. The van der Waals surface area contributed by atoms with Gasteiger partial charge in [0, 0.05) is 23.1 Å². The molecule has 0 aliphatic heterocycles. The van der Waals surface area contributed by atoms with Crippen molar-refractivity contribution in [1.82, 2.24) is 0 Å². The summed E-state index contributed by atoms with van der Waals surface area (Å²) in [6.45, 7) is 6.90. The Hall–Kier alpha value is -3.85. The van der Waals surface area contributed by atoms with Crippen molar-refractivity contribution in [3.05, 3.63) is 119 Å².